The fourth-order valence-electron chi connectivity index (χ4n) is 3.36. The van der Waals surface area contributed by atoms with E-state index in [0.717, 1.165) is 11.3 Å². The van der Waals surface area contributed by atoms with Crippen LogP contribution >= 0.6 is 0 Å². The van der Waals surface area contributed by atoms with E-state index in [0.29, 0.717) is 43.9 Å². The highest BCUT2D eigenvalue weighted by Gasteiger charge is 2.27. The Bertz CT molecular complexity index is 888. The number of likely N-dealkylation sites (tertiary alicyclic amines) is 1. The van der Waals surface area contributed by atoms with Gasteiger partial charge < -0.3 is 14.4 Å². The Morgan fingerprint density at radius 2 is 1.87 bits per heavy atom. The Kier molecular flexibility index (Phi) is 7.43. The molecule has 7 heteroatoms. The number of nitrogens with zero attached hydrogens (tertiary/aromatic N) is 2. The van der Waals surface area contributed by atoms with Gasteiger partial charge in [0.15, 0.2) is 0 Å². The molecule has 2 amide bonds. The van der Waals surface area contributed by atoms with Crippen molar-refractivity contribution in [3.63, 3.8) is 0 Å². The molecule has 1 fully saturated rings. The number of carbonyl (C=O) groups excluding carboxylic acids is 2. The summed E-state index contributed by atoms with van der Waals surface area (Å²) < 4.78 is 10.6. The topological polar surface area (TPSA) is 80.2 Å². The first-order valence-corrected chi connectivity index (χ1v) is 10.1. The zero-order chi connectivity index (χ0) is 21.3. The van der Waals surface area contributed by atoms with Gasteiger partial charge in [-0.25, -0.2) is 5.43 Å². The molecule has 1 N–H and O–H groups in total. The van der Waals surface area contributed by atoms with Gasteiger partial charge in [-0.15, -0.1) is 0 Å². The number of piperidine rings is 1. The normalized spacial score (nSPS) is 14.5. The summed E-state index contributed by atoms with van der Waals surface area (Å²) in [7, 11) is 1.58. The Morgan fingerprint density at radius 3 is 2.53 bits per heavy atom. The van der Waals surface area contributed by atoms with Gasteiger partial charge in [-0.3, -0.25) is 9.59 Å². The summed E-state index contributed by atoms with van der Waals surface area (Å²) in [6.07, 6.45) is 2.83. The molecular weight excluding hydrogens is 382 g/mol. The molecule has 3 rings (SSSR count). The van der Waals surface area contributed by atoms with Crippen molar-refractivity contribution < 1.29 is 19.1 Å². The molecule has 0 aliphatic carbocycles. The summed E-state index contributed by atoms with van der Waals surface area (Å²) >= 11 is 0. The molecule has 1 heterocycles. The average Bonchev–Trinajstić information content (AvgIpc) is 2.80. The zero-order valence-electron chi connectivity index (χ0n) is 17.3. The Labute approximate surface area is 176 Å². The fraction of sp³-hybridized carbons (Fsp3) is 0.348. The number of amides is 2. The van der Waals surface area contributed by atoms with Crippen LogP contribution in [-0.2, 0) is 4.79 Å². The van der Waals surface area contributed by atoms with Gasteiger partial charge in [-0.2, -0.15) is 5.10 Å². The summed E-state index contributed by atoms with van der Waals surface area (Å²) in [5, 5.41) is 4.05. The number of hydrogen-bond acceptors (Lipinski definition) is 5. The second-order valence-electron chi connectivity index (χ2n) is 7.03. The second-order valence-corrected chi connectivity index (χ2v) is 7.03. The van der Waals surface area contributed by atoms with Gasteiger partial charge in [0.05, 0.1) is 19.9 Å². The van der Waals surface area contributed by atoms with Crippen LogP contribution in [0.1, 0.15) is 35.7 Å². The number of nitrogens with one attached hydrogen (secondary N) is 1. The largest absolute Gasteiger partial charge is 0.497 e. The lowest BCUT2D eigenvalue weighted by molar-refractivity contribution is -0.126. The van der Waals surface area contributed by atoms with Crippen LogP contribution in [0.25, 0.3) is 0 Å². The average molecular weight is 409 g/mol. The number of carbonyl (C=O) groups is 2. The number of methoxy groups -OCH3 is 1. The van der Waals surface area contributed by atoms with E-state index < -0.39 is 0 Å². The molecule has 0 saturated carbocycles. The third-order valence-corrected chi connectivity index (χ3v) is 5.05. The molecule has 2 aromatic carbocycles. The van der Waals surface area contributed by atoms with Crippen molar-refractivity contribution >= 4 is 18.0 Å². The van der Waals surface area contributed by atoms with E-state index in [-0.39, 0.29) is 17.7 Å². The first-order chi connectivity index (χ1) is 14.6. The van der Waals surface area contributed by atoms with Crippen LogP contribution in [-0.4, -0.2) is 49.7 Å². The molecule has 30 heavy (non-hydrogen) atoms. The van der Waals surface area contributed by atoms with Crippen molar-refractivity contribution in [2.75, 3.05) is 26.8 Å². The van der Waals surface area contributed by atoms with E-state index in [9.17, 15) is 9.59 Å². The molecule has 7 nitrogen and oxygen atoms in total. The van der Waals surface area contributed by atoms with Gasteiger partial charge in [0.25, 0.3) is 5.91 Å². The number of hydrogen-bond donors (Lipinski definition) is 1. The van der Waals surface area contributed by atoms with Crippen LogP contribution in [0.3, 0.4) is 0 Å². The lowest BCUT2D eigenvalue weighted by Gasteiger charge is -2.31. The standard InChI is InChI=1S/C23H27N3O4/c1-3-30-20-9-7-17(8-10-20)16-24-25-22(27)18-11-13-26(14-12-18)23(28)19-5-4-6-21(15-19)29-2/h4-10,15-16,18H,3,11-14H2,1-2H3,(H,25,27)/b24-16-. The first-order valence-electron chi connectivity index (χ1n) is 10.1. The molecule has 2 aromatic rings. The van der Waals surface area contributed by atoms with E-state index in [1.54, 1.807) is 42.5 Å². The Hall–Kier alpha value is -3.35. The monoisotopic (exact) mass is 409 g/mol. The summed E-state index contributed by atoms with van der Waals surface area (Å²) in [4.78, 5) is 26.8. The number of benzene rings is 2. The Morgan fingerprint density at radius 1 is 1.13 bits per heavy atom. The van der Waals surface area contributed by atoms with Crippen molar-refractivity contribution in [2.24, 2.45) is 11.0 Å². The number of hydrazone groups is 1. The van der Waals surface area contributed by atoms with Crippen molar-refractivity contribution in [3.8, 4) is 11.5 Å². The van der Waals surface area contributed by atoms with Crippen LogP contribution < -0.4 is 14.9 Å². The highest BCUT2D eigenvalue weighted by atomic mass is 16.5. The van der Waals surface area contributed by atoms with Crippen LogP contribution in [0.15, 0.2) is 53.6 Å². The maximum absolute atomic E-state index is 12.7. The third kappa shape index (κ3) is 5.59. The minimum Gasteiger partial charge on any atom is -0.497 e. The van der Waals surface area contributed by atoms with Gasteiger partial charge in [-0.1, -0.05) is 6.07 Å². The van der Waals surface area contributed by atoms with Gasteiger partial charge in [0, 0.05) is 24.6 Å². The minimum absolute atomic E-state index is 0.0405. The van der Waals surface area contributed by atoms with Crippen molar-refractivity contribution in [2.45, 2.75) is 19.8 Å². The van der Waals surface area contributed by atoms with Crippen molar-refractivity contribution in [1.29, 1.82) is 0 Å². The quantitative estimate of drug-likeness (QED) is 0.563. The van der Waals surface area contributed by atoms with Gasteiger partial charge in [0.1, 0.15) is 11.5 Å². The second kappa shape index (κ2) is 10.4. The van der Waals surface area contributed by atoms with E-state index in [4.69, 9.17) is 9.47 Å². The molecular formula is C23H27N3O4. The molecule has 1 aliphatic heterocycles. The third-order valence-electron chi connectivity index (χ3n) is 5.05. The molecule has 1 saturated heterocycles. The van der Waals surface area contributed by atoms with Crippen molar-refractivity contribution in [3.05, 3.63) is 59.7 Å². The zero-order valence-corrected chi connectivity index (χ0v) is 17.3. The van der Waals surface area contributed by atoms with Crippen LogP contribution in [0.5, 0.6) is 11.5 Å². The minimum atomic E-state index is -0.156. The maximum atomic E-state index is 12.7. The van der Waals surface area contributed by atoms with E-state index in [2.05, 4.69) is 10.5 Å². The van der Waals surface area contributed by atoms with Gasteiger partial charge in [0.2, 0.25) is 5.91 Å². The molecule has 0 aromatic heterocycles. The molecule has 0 atom stereocenters. The van der Waals surface area contributed by atoms with E-state index >= 15 is 0 Å². The lowest BCUT2D eigenvalue weighted by atomic mass is 9.95. The summed E-state index contributed by atoms with van der Waals surface area (Å²) in [6.45, 7) is 3.63. The first kappa shape index (κ1) is 21.4. The summed E-state index contributed by atoms with van der Waals surface area (Å²) in [6, 6.07) is 14.6. The summed E-state index contributed by atoms with van der Waals surface area (Å²) in [5.41, 5.74) is 4.08. The Balaban J connectivity index is 1.47. The van der Waals surface area contributed by atoms with Crippen LogP contribution in [0, 0.1) is 5.92 Å². The molecule has 0 radical (unpaired) electrons. The smallest absolute Gasteiger partial charge is 0.253 e. The van der Waals surface area contributed by atoms with Gasteiger partial charge >= 0.3 is 0 Å². The molecule has 158 valence electrons. The number of ether oxygens (including phenoxy) is 2. The highest BCUT2D eigenvalue weighted by Crippen LogP contribution is 2.21. The van der Waals surface area contributed by atoms with Gasteiger partial charge in [-0.05, 0) is 67.8 Å². The molecule has 0 spiro atoms. The molecule has 0 bridgehead atoms. The SMILES string of the molecule is CCOc1ccc(/C=N\NC(=O)C2CCN(C(=O)c3cccc(OC)c3)CC2)cc1. The molecule has 0 unspecified atom stereocenters. The fourth-order valence-corrected chi connectivity index (χ4v) is 3.36. The molecule has 1 aliphatic rings. The van der Waals surface area contributed by atoms with Crippen LogP contribution in [0.4, 0.5) is 0 Å². The predicted octanol–water partition coefficient (Wildman–Crippen LogP) is 3.10. The highest BCUT2D eigenvalue weighted by molar-refractivity contribution is 5.94. The lowest BCUT2D eigenvalue weighted by Crippen LogP contribution is -2.42. The van der Waals surface area contributed by atoms with E-state index in [1.165, 1.54) is 0 Å². The van der Waals surface area contributed by atoms with Crippen molar-refractivity contribution in [1.82, 2.24) is 10.3 Å². The number of rotatable bonds is 7. The maximum Gasteiger partial charge on any atom is 0.253 e. The van der Waals surface area contributed by atoms with Crippen LogP contribution in [0.2, 0.25) is 0 Å². The van der Waals surface area contributed by atoms with E-state index in [1.807, 2.05) is 31.2 Å². The summed E-state index contributed by atoms with van der Waals surface area (Å²) in [5.74, 6) is 1.14. The predicted molar refractivity (Wildman–Crippen MR) is 115 cm³/mol.